The quantitative estimate of drug-likeness (QED) is 0.568. The van der Waals surface area contributed by atoms with Crippen LogP contribution in [0.2, 0.25) is 0 Å². The molecule has 0 bridgehead atoms. The van der Waals surface area contributed by atoms with Crippen molar-refractivity contribution in [2.45, 2.75) is 44.8 Å². The van der Waals surface area contributed by atoms with Crippen molar-refractivity contribution in [1.82, 2.24) is 10.2 Å². The smallest absolute Gasteiger partial charge is 0.425 e. The lowest BCUT2D eigenvalue weighted by Gasteiger charge is -2.35. The highest BCUT2D eigenvalue weighted by atomic mass is 19.4. The van der Waals surface area contributed by atoms with Gasteiger partial charge in [0.25, 0.3) is 11.8 Å². The number of carbonyl (C=O) groups is 3. The normalized spacial score (nSPS) is 21.2. The second-order valence-corrected chi connectivity index (χ2v) is 10.0. The molecule has 196 valence electrons. The number of hydrogen-bond donors (Lipinski definition) is 1. The van der Waals surface area contributed by atoms with Gasteiger partial charge in [-0.3, -0.25) is 14.4 Å². The Balaban J connectivity index is 1.79. The van der Waals surface area contributed by atoms with E-state index in [0.29, 0.717) is 5.56 Å². The molecule has 4 rings (SSSR count). The summed E-state index contributed by atoms with van der Waals surface area (Å²) in [7, 11) is 1.34. The van der Waals surface area contributed by atoms with Crippen molar-refractivity contribution >= 4 is 17.6 Å². The van der Waals surface area contributed by atoms with Gasteiger partial charge in [-0.15, -0.1) is 0 Å². The number of allylic oxidation sites excluding steroid dienone is 1. The fourth-order valence-electron chi connectivity index (χ4n) is 4.96. The van der Waals surface area contributed by atoms with Crippen molar-refractivity contribution in [3.05, 3.63) is 76.7 Å². The lowest BCUT2D eigenvalue weighted by molar-refractivity contribution is -0.190. The minimum absolute atomic E-state index is 0.0378. The molecule has 1 N–H and O–H groups in total. The van der Waals surface area contributed by atoms with Gasteiger partial charge in [-0.25, -0.2) is 4.39 Å². The van der Waals surface area contributed by atoms with Gasteiger partial charge in [0.05, 0.1) is 12.7 Å². The van der Waals surface area contributed by atoms with Crippen LogP contribution in [0.4, 0.5) is 17.6 Å². The third kappa shape index (κ3) is 4.72. The Kier molecular flexibility index (Phi) is 6.64. The first kappa shape index (κ1) is 26.4. The van der Waals surface area contributed by atoms with Gasteiger partial charge in [-0.1, -0.05) is 32.0 Å². The standard InChI is InChI=1S/C27H26F4N2O4/c1-25(2)14-20-22(21(34)15-25)26(27(29,30)31,32-23(35)17-5-4-6-19(13-17)37-3)24(36)33(20)12-11-16-7-9-18(28)10-8-16/h4-10,13H,11-12,14-15H2,1-3H3,(H,32,35)/t26-/m0/s1. The van der Waals surface area contributed by atoms with Crippen molar-refractivity contribution in [1.29, 1.82) is 0 Å². The molecule has 10 heteroatoms. The van der Waals surface area contributed by atoms with Crippen molar-refractivity contribution in [2.24, 2.45) is 5.41 Å². The highest BCUT2D eigenvalue weighted by molar-refractivity contribution is 6.14. The maximum atomic E-state index is 14.9. The summed E-state index contributed by atoms with van der Waals surface area (Å²) >= 11 is 0. The number of amides is 2. The largest absolute Gasteiger partial charge is 0.497 e. The number of carbonyl (C=O) groups excluding carboxylic acids is 3. The number of halogens is 4. The molecule has 1 aliphatic heterocycles. The van der Waals surface area contributed by atoms with Crippen molar-refractivity contribution < 1.29 is 36.7 Å². The molecule has 0 saturated carbocycles. The third-order valence-electron chi connectivity index (χ3n) is 6.71. The number of rotatable bonds is 6. The summed E-state index contributed by atoms with van der Waals surface area (Å²) < 4.78 is 63.0. The summed E-state index contributed by atoms with van der Waals surface area (Å²) in [5, 5.41) is 1.90. The monoisotopic (exact) mass is 518 g/mol. The molecule has 0 radical (unpaired) electrons. The van der Waals surface area contributed by atoms with Crippen molar-refractivity contribution in [3.63, 3.8) is 0 Å². The summed E-state index contributed by atoms with van der Waals surface area (Å²) in [6, 6.07) is 10.9. The van der Waals surface area contributed by atoms with E-state index in [-0.39, 0.29) is 42.8 Å². The van der Waals surface area contributed by atoms with Gasteiger partial charge in [-0.05, 0) is 54.2 Å². The summed E-state index contributed by atoms with van der Waals surface area (Å²) in [6.07, 6.45) is -5.36. The molecule has 2 amide bonds. The van der Waals surface area contributed by atoms with E-state index in [2.05, 4.69) is 0 Å². The van der Waals surface area contributed by atoms with Gasteiger partial charge in [0, 0.05) is 24.2 Å². The first-order chi connectivity index (χ1) is 17.3. The molecular weight excluding hydrogens is 492 g/mol. The highest BCUT2D eigenvalue weighted by Gasteiger charge is 2.71. The molecule has 0 spiro atoms. The molecule has 2 aliphatic rings. The maximum Gasteiger partial charge on any atom is 0.425 e. The molecule has 1 aliphatic carbocycles. The van der Waals surface area contributed by atoms with E-state index in [4.69, 9.17) is 4.74 Å². The summed E-state index contributed by atoms with van der Waals surface area (Å²) in [4.78, 5) is 40.9. The average molecular weight is 519 g/mol. The molecule has 37 heavy (non-hydrogen) atoms. The van der Waals surface area contributed by atoms with Gasteiger partial charge in [0.1, 0.15) is 11.6 Å². The van der Waals surface area contributed by atoms with E-state index in [1.54, 1.807) is 13.8 Å². The molecule has 0 aromatic heterocycles. The topological polar surface area (TPSA) is 75.7 Å². The zero-order valence-electron chi connectivity index (χ0n) is 20.5. The van der Waals surface area contributed by atoms with E-state index >= 15 is 0 Å². The van der Waals surface area contributed by atoms with E-state index in [1.165, 1.54) is 55.6 Å². The zero-order valence-corrected chi connectivity index (χ0v) is 20.5. The Labute approximate surface area is 211 Å². The molecule has 0 unspecified atom stereocenters. The third-order valence-corrected chi connectivity index (χ3v) is 6.71. The van der Waals surface area contributed by atoms with Crippen LogP contribution in [0.3, 0.4) is 0 Å². The fraction of sp³-hybridized carbons (Fsp3) is 0.370. The second kappa shape index (κ2) is 9.32. The molecule has 2 aromatic carbocycles. The van der Waals surface area contributed by atoms with Crippen LogP contribution in [0.15, 0.2) is 59.8 Å². The van der Waals surface area contributed by atoms with E-state index < -0.39 is 46.1 Å². The predicted molar refractivity (Wildman–Crippen MR) is 126 cm³/mol. The van der Waals surface area contributed by atoms with Crippen LogP contribution in [0.5, 0.6) is 5.75 Å². The number of benzene rings is 2. The first-order valence-corrected chi connectivity index (χ1v) is 11.7. The minimum Gasteiger partial charge on any atom is -0.497 e. The lowest BCUT2D eigenvalue weighted by Crippen LogP contribution is -2.66. The second-order valence-electron chi connectivity index (χ2n) is 10.0. The number of hydrogen-bond acceptors (Lipinski definition) is 4. The molecular formula is C27H26F4N2O4. The summed E-state index contributed by atoms with van der Waals surface area (Å²) in [5.74, 6) is -3.68. The van der Waals surface area contributed by atoms with E-state index in [1.807, 2.05) is 5.32 Å². The Morgan fingerprint density at radius 3 is 2.38 bits per heavy atom. The van der Waals surface area contributed by atoms with Crippen LogP contribution in [0.1, 0.15) is 42.6 Å². The van der Waals surface area contributed by atoms with Crippen LogP contribution in [-0.4, -0.2) is 47.9 Å². The van der Waals surface area contributed by atoms with Crippen LogP contribution in [0, 0.1) is 11.2 Å². The molecule has 1 atom stereocenters. The van der Waals surface area contributed by atoms with Gasteiger partial charge >= 0.3 is 6.18 Å². The zero-order chi connectivity index (χ0) is 27.2. The Bertz CT molecular complexity index is 1280. The predicted octanol–water partition coefficient (Wildman–Crippen LogP) is 4.59. The maximum absolute atomic E-state index is 14.9. The molecule has 0 fully saturated rings. The molecule has 1 heterocycles. The van der Waals surface area contributed by atoms with Gasteiger partial charge in [0.2, 0.25) is 5.54 Å². The van der Waals surface area contributed by atoms with Crippen LogP contribution in [0.25, 0.3) is 0 Å². The Hall–Kier alpha value is -3.69. The Morgan fingerprint density at radius 2 is 1.76 bits per heavy atom. The van der Waals surface area contributed by atoms with Crippen LogP contribution in [-0.2, 0) is 16.0 Å². The fourth-order valence-corrected chi connectivity index (χ4v) is 4.96. The molecule has 0 saturated heterocycles. The SMILES string of the molecule is COc1cccc(C(=O)N[C@]2(C(F)(F)F)C(=O)N(CCc3ccc(F)cc3)C3=C2C(=O)CC(C)(C)C3)c1. The lowest BCUT2D eigenvalue weighted by atomic mass is 9.72. The van der Waals surface area contributed by atoms with E-state index in [9.17, 15) is 31.9 Å². The first-order valence-electron chi connectivity index (χ1n) is 11.7. The minimum atomic E-state index is -5.30. The Morgan fingerprint density at radius 1 is 1.08 bits per heavy atom. The van der Waals surface area contributed by atoms with Gasteiger partial charge in [-0.2, -0.15) is 13.2 Å². The average Bonchev–Trinajstić information content (AvgIpc) is 3.05. The number of nitrogens with one attached hydrogen (secondary N) is 1. The number of alkyl halides is 3. The number of Topliss-reactive ketones (excluding diaryl/α,β-unsaturated/α-hetero) is 1. The number of nitrogens with zero attached hydrogens (tertiary/aromatic N) is 1. The summed E-state index contributed by atoms with van der Waals surface area (Å²) in [5.41, 5.74) is -4.56. The van der Waals surface area contributed by atoms with Crippen molar-refractivity contribution in [2.75, 3.05) is 13.7 Å². The van der Waals surface area contributed by atoms with Gasteiger partial charge < -0.3 is 15.0 Å². The highest BCUT2D eigenvalue weighted by Crippen LogP contribution is 2.51. The molecule has 2 aromatic rings. The summed E-state index contributed by atoms with van der Waals surface area (Å²) in [6.45, 7) is 3.29. The number of ketones is 1. The van der Waals surface area contributed by atoms with Crippen LogP contribution < -0.4 is 10.1 Å². The van der Waals surface area contributed by atoms with E-state index in [0.717, 1.165) is 4.90 Å². The number of ether oxygens (including phenoxy) is 1. The van der Waals surface area contributed by atoms with Crippen molar-refractivity contribution in [3.8, 4) is 5.75 Å². The van der Waals surface area contributed by atoms with Crippen LogP contribution >= 0.6 is 0 Å². The molecule has 6 nitrogen and oxygen atoms in total. The number of methoxy groups -OCH3 is 1. The van der Waals surface area contributed by atoms with Gasteiger partial charge in [0.15, 0.2) is 5.78 Å².